The largest absolute Gasteiger partial charge is 0.480 e. The molecule has 2 heterocycles. The SMILES string of the molecule is O=C(O)[C@@H](Cc1cnc[nH]1)NS(=O)(=O)c1cc(Cl)c(Br)s1. The van der Waals surface area contributed by atoms with Crippen molar-refractivity contribution in [3.63, 3.8) is 0 Å². The van der Waals surface area contributed by atoms with Crippen LogP contribution in [0.5, 0.6) is 0 Å². The van der Waals surface area contributed by atoms with E-state index in [4.69, 9.17) is 16.7 Å². The Morgan fingerprint density at radius 2 is 2.33 bits per heavy atom. The van der Waals surface area contributed by atoms with E-state index in [1.54, 1.807) is 0 Å². The summed E-state index contributed by atoms with van der Waals surface area (Å²) in [4.78, 5) is 17.7. The van der Waals surface area contributed by atoms with Gasteiger partial charge >= 0.3 is 5.97 Å². The molecule has 0 aromatic carbocycles. The van der Waals surface area contributed by atoms with E-state index in [1.807, 2.05) is 0 Å². The predicted octanol–water partition coefficient (Wildman–Crippen LogP) is 1.86. The van der Waals surface area contributed by atoms with Crippen LogP contribution >= 0.6 is 38.9 Å². The van der Waals surface area contributed by atoms with Crippen molar-refractivity contribution in [3.8, 4) is 0 Å². The number of carbonyl (C=O) groups is 1. The molecule has 11 heteroatoms. The number of aromatic amines is 1. The predicted molar refractivity (Wildman–Crippen MR) is 81.1 cm³/mol. The van der Waals surface area contributed by atoms with Crippen molar-refractivity contribution >= 4 is 54.9 Å². The molecular weight excluding hydrogens is 406 g/mol. The number of nitrogens with zero attached hydrogens (tertiary/aromatic N) is 1. The van der Waals surface area contributed by atoms with E-state index in [0.717, 1.165) is 11.3 Å². The van der Waals surface area contributed by atoms with E-state index in [1.165, 1.54) is 18.6 Å². The van der Waals surface area contributed by atoms with Gasteiger partial charge in [-0.3, -0.25) is 4.79 Å². The van der Waals surface area contributed by atoms with E-state index < -0.39 is 22.0 Å². The van der Waals surface area contributed by atoms with Crippen LogP contribution in [0.3, 0.4) is 0 Å². The van der Waals surface area contributed by atoms with E-state index >= 15 is 0 Å². The molecule has 0 radical (unpaired) electrons. The third-order valence-corrected chi connectivity index (χ3v) is 6.88. The van der Waals surface area contributed by atoms with Crippen molar-refractivity contribution in [2.45, 2.75) is 16.7 Å². The Hall–Kier alpha value is -0.940. The molecule has 1 atom stereocenters. The van der Waals surface area contributed by atoms with Crippen LogP contribution < -0.4 is 4.72 Å². The van der Waals surface area contributed by atoms with Gasteiger partial charge in [0.1, 0.15) is 10.3 Å². The maximum atomic E-state index is 12.2. The summed E-state index contributed by atoms with van der Waals surface area (Å²) in [6.07, 6.45) is 2.77. The van der Waals surface area contributed by atoms with Crippen LogP contribution in [0.15, 0.2) is 26.6 Å². The lowest BCUT2D eigenvalue weighted by Crippen LogP contribution is -2.42. The standard InChI is InChI=1S/C10H9BrClN3O4S2/c11-9-6(12)2-8(20-9)21(18,19)15-7(10(16)17)1-5-3-13-4-14-5/h2-4,7,15H,1H2,(H,13,14)(H,16,17)/t7-/m1/s1. The average molecular weight is 415 g/mol. The molecule has 0 saturated carbocycles. The Labute approximate surface area is 137 Å². The maximum absolute atomic E-state index is 12.2. The number of thiophene rings is 1. The van der Waals surface area contributed by atoms with E-state index in [2.05, 4.69) is 30.6 Å². The quantitative estimate of drug-likeness (QED) is 0.668. The number of aliphatic carboxylic acids is 1. The lowest BCUT2D eigenvalue weighted by Gasteiger charge is -2.12. The summed E-state index contributed by atoms with van der Waals surface area (Å²) >= 11 is 9.81. The first-order chi connectivity index (χ1) is 9.79. The van der Waals surface area contributed by atoms with Crippen molar-refractivity contribution < 1.29 is 18.3 Å². The molecule has 0 fully saturated rings. The van der Waals surface area contributed by atoms with Crippen molar-refractivity contribution in [3.05, 3.63) is 33.1 Å². The van der Waals surface area contributed by atoms with Gasteiger partial charge in [0.2, 0.25) is 0 Å². The molecule has 0 aliphatic rings. The Morgan fingerprint density at radius 3 is 2.81 bits per heavy atom. The second-order valence-corrected chi connectivity index (χ2v) is 8.70. The number of imidazole rings is 1. The average Bonchev–Trinajstić information content (AvgIpc) is 3.00. The number of carboxylic acids is 1. The minimum Gasteiger partial charge on any atom is -0.480 e. The van der Waals surface area contributed by atoms with Crippen molar-refractivity contribution in [2.24, 2.45) is 0 Å². The van der Waals surface area contributed by atoms with Crippen LogP contribution in [0.25, 0.3) is 0 Å². The van der Waals surface area contributed by atoms with Crippen LogP contribution in [-0.2, 0) is 21.2 Å². The summed E-state index contributed by atoms with van der Waals surface area (Å²) in [5.74, 6) is -1.28. The second-order valence-electron chi connectivity index (χ2n) is 3.98. The van der Waals surface area contributed by atoms with Gasteiger partial charge in [-0.1, -0.05) is 11.6 Å². The van der Waals surface area contributed by atoms with Crippen molar-refractivity contribution in [2.75, 3.05) is 0 Å². The number of hydrogen-bond donors (Lipinski definition) is 3. The fraction of sp³-hybridized carbons (Fsp3) is 0.200. The second kappa shape index (κ2) is 6.44. The highest BCUT2D eigenvalue weighted by atomic mass is 79.9. The topological polar surface area (TPSA) is 112 Å². The first kappa shape index (κ1) is 16.4. The molecule has 0 bridgehead atoms. The molecule has 0 saturated heterocycles. The molecular formula is C10H9BrClN3O4S2. The van der Waals surface area contributed by atoms with Crippen molar-refractivity contribution in [1.82, 2.24) is 14.7 Å². The molecule has 3 N–H and O–H groups in total. The minimum absolute atomic E-state index is 0.0468. The molecule has 0 unspecified atom stereocenters. The molecule has 114 valence electrons. The van der Waals surface area contributed by atoms with Gasteiger partial charge < -0.3 is 10.1 Å². The van der Waals surface area contributed by atoms with Gasteiger partial charge in [0.15, 0.2) is 0 Å². The summed E-state index contributed by atoms with van der Waals surface area (Å²) in [5, 5.41) is 9.40. The first-order valence-corrected chi connectivity index (χ1v) is 8.94. The Kier molecular flexibility index (Phi) is 5.04. The lowest BCUT2D eigenvalue weighted by molar-refractivity contribution is -0.138. The zero-order valence-corrected chi connectivity index (χ0v) is 14.2. The molecule has 0 aliphatic heterocycles. The van der Waals surface area contributed by atoms with Crippen LogP contribution in [0.2, 0.25) is 5.02 Å². The molecule has 2 rings (SSSR count). The normalized spacial score (nSPS) is 13.2. The summed E-state index contributed by atoms with van der Waals surface area (Å²) in [6, 6.07) is -0.0524. The van der Waals surface area contributed by atoms with E-state index in [9.17, 15) is 13.2 Å². The third kappa shape index (κ3) is 4.04. The lowest BCUT2D eigenvalue weighted by atomic mass is 10.2. The van der Waals surface area contributed by atoms with Crippen LogP contribution in [-0.4, -0.2) is 35.5 Å². The first-order valence-electron chi connectivity index (χ1n) is 5.47. The molecule has 0 spiro atoms. The van der Waals surface area contributed by atoms with Crippen LogP contribution in [0.4, 0.5) is 0 Å². The summed E-state index contributed by atoms with van der Waals surface area (Å²) < 4.78 is 26.9. The van der Waals surface area contributed by atoms with Crippen molar-refractivity contribution in [1.29, 1.82) is 0 Å². The number of nitrogens with one attached hydrogen (secondary N) is 2. The number of hydrogen-bond acceptors (Lipinski definition) is 5. The number of halogens is 2. The smallest absolute Gasteiger partial charge is 0.322 e. The monoisotopic (exact) mass is 413 g/mol. The number of H-pyrrole nitrogens is 1. The number of sulfonamides is 1. The van der Waals surface area contributed by atoms with Crippen LogP contribution in [0.1, 0.15) is 5.69 Å². The van der Waals surface area contributed by atoms with E-state index in [0.29, 0.717) is 9.48 Å². The highest BCUT2D eigenvalue weighted by molar-refractivity contribution is 9.11. The van der Waals surface area contributed by atoms with Gasteiger partial charge in [-0.25, -0.2) is 13.4 Å². The molecule has 21 heavy (non-hydrogen) atoms. The van der Waals surface area contributed by atoms with Gasteiger partial charge in [-0.2, -0.15) is 4.72 Å². The molecule has 2 aromatic rings. The maximum Gasteiger partial charge on any atom is 0.322 e. The Balaban J connectivity index is 2.21. The van der Waals surface area contributed by atoms with Gasteiger partial charge in [-0.15, -0.1) is 11.3 Å². The number of rotatable bonds is 6. The molecule has 0 amide bonds. The molecule has 7 nitrogen and oxygen atoms in total. The fourth-order valence-electron chi connectivity index (χ4n) is 1.50. The Morgan fingerprint density at radius 1 is 1.62 bits per heavy atom. The van der Waals surface area contributed by atoms with Gasteiger partial charge in [0.25, 0.3) is 10.0 Å². The number of carboxylic acid groups (broad SMARTS) is 1. The zero-order valence-electron chi connectivity index (χ0n) is 10.2. The van der Waals surface area contributed by atoms with Gasteiger partial charge in [0, 0.05) is 18.3 Å². The Bertz CT molecular complexity index is 725. The highest BCUT2D eigenvalue weighted by Crippen LogP contribution is 2.34. The summed E-state index contributed by atoms with van der Waals surface area (Å²) in [6.45, 7) is 0. The zero-order chi connectivity index (χ0) is 15.6. The van der Waals surface area contributed by atoms with Gasteiger partial charge in [0.05, 0.1) is 15.1 Å². The van der Waals surface area contributed by atoms with Crippen LogP contribution in [0, 0.1) is 0 Å². The minimum atomic E-state index is -3.97. The summed E-state index contributed by atoms with van der Waals surface area (Å²) in [7, 11) is -3.97. The third-order valence-electron chi connectivity index (χ3n) is 2.46. The van der Waals surface area contributed by atoms with Gasteiger partial charge in [-0.05, 0) is 22.0 Å². The summed E-state index contributed by atoms with van der Waals surface area (Å²) in [5.41, 5.74) is 0.510. The molecule has 0 aliphatic carbocycles. The fourth-order valence-corrected chi connectivity index (χ4v) is 5.10. The van der Waals surface area contributed by atoms with E-state index in [-0.39, 0.29) is 15.7 Å². The molecule has 2 aromatic heterocycles. The number of aromatic nitrogens is 2. The highest BCUT2D eigenvalue weighted by Gasteiger charge is 2.27.